The smallest absolute Gasteiger partial charge is 0.315 e. The second kappa shape index (κ2) is 6.04. The van der Waals surface area contributed by atoms with Crippen LogP contribution in [-0.4, -0.2) is 18.6 Å². The monoisotopic (exact) mass is 294 g/mol. The second-order valence-corrected chi connectivity index (χ2v) is 6.58. The van der Waals surface area contributed by atoms with E-state index in [1.165, 1.54) is 5.56 Å². The van der Waals surface area contributed by atoms with Crippen LogP contribution in [0.4, 0.5) is 4.79 Å². The van der Waals surface area contributed by atoms with E-state index in [0.717, 1.165) is 17.9 Å². The Kier molecular flexibility index (Phi) is 4.59. The van der Waals surface area contributed by atoms with E-state index in [2.05, 4.69) is 36.6 Å². The second-order valence-electron chi connectivity index (χ2n) is 6.15. The van der Waals surface area contributed by atoms with Gasteiger partial charge in [-0.25, -0.2) is 4.79 Å². The van der Waals surface area contributed by atoms with Gasteiger partial charge in [-0.3, -0.25) is 0 Å². The maximum Gasteiger partial charge on any atom is 0.315 e. The van der Waals surface area contributed by atoms with Crippen LogP contribution in [-0.2, 0) is 5.41 Å². The lowest BCUT2D eigenvalue weighted by molar-refractivity contribution is 0.233. The summed E-state index contributed by atoms with van der Waals surface area (Å²) >= 11 is 5.92. The molecule has 0 saturated heterocycles. The minimum Gasteiger partial charge on any atom is -0.337 e. The molecule has 1 saturated carbocycles. The molecule has 1 aliphatic carbocycles. The maximum atomic E-state index is 11.9. The molecule has 1 aliphatic rings. The van der Waals surface area contributed by atoms with E-state index in [0.29, 0.717) is 12.5 Å². The summed E-state index contributed by atoms with van der Waals surface area (Å²) in [6, 6.07) is 8.06. The fraction of sp³-hybridized carbons (Fsp3) is 0.562. The fourth-order valence-electron chi connectivity index (χ4n) is 2.20. The number of urea groups is 1. The van der Waals surface area contributed by atoms with Gasteiger partial charge in [-0.15, -0.1) is 0 Å². The molecule has 0 aromatic heterocycles. The summed E-state index contributed by atoms with van der Waals surface area (Å²) in [5.41, 5.74) is 1.38. The van der Waals surface area contributed by atoms with E-state index in [-0.39, 0.29) is 17.5 Å². The van der Waals surface area contributed by atoms with Gasteiger partial charge in [0.25, 0.3) is 0 Å². The highest BCUT2D eigenvalue weighted by Gasteiger charge is 2.44. The Balaban J connectivity index is 1.87. The first-order valence-corrected chi connectivity index (χ1v) is 7.61. The van der Waals surface area contributed by atoms with Gasteiger partial charge in [0.15, 0.2) is 0 Å². The van der Waals surface area contributed by atoms with Crippen molar-refractivity contribution >= 4 is 17.6 Å². The van der Waals surface area contributed by atoms with Crippen molar-refractivity contribution < 1.29 is 4.79 Å². The lowest BCUT2D eigenvalue weighted by atomic mass is 9.96. The summed E-state index contributed by atoms with van der Waals surface area (Å²) in [5.74, 6) is 0.437. The number of rotatable bonds is 5. The number of amides is 2. The molecule has 2 amide bonds. The molecule has 0 aliphatic heterocycles. The molecule has 0 heterocycles. The zero-order valence-electron chi connectivity index (χ0n) is 12.4. The third kappa shape index (κ3) is 3.66. The predicted octanol–water partition coefficient (Wildman–Crippen LogP) is 3.72. The Bertz CT molecular complexity index is 466. The lowest BCUT2D eigenvalue weighted by Crippen LogP contribution is -2.45. The summed E-state index contributed by atoms with van der Waals surface area (Å²) in [7, 11) is 0. The molecular weight excluding hydrogens is 272 g/mol. The van der Waals surface area contributed by atoms with Crippen LogP contribution in [0.25, 0.3) is 0 Å². The number of halogens is 1. The number of hydrogen-bond donors (Lipinski definition) is 2. The summed E-state index contributed by atoms with van der Waals surface area (Å²) in [5, 5.41) is 6.72. The van der Waals surface area contributed by atoms with Crippen molar-refractivity contribution in [1.82, 2.24) is 10.6 Å². The molecule has 2 N–H and O–H groups in total. The normalized spacial score (nSPS) is 17.6. The highest BCUT2D eigenvalue weighted by Crippen LogP contribution is 2.47. The van der Waals surface area contributed by atoms with Crippen molar-refractivity contribution in [3.63, 3.8) is 0 Å². The first-order chi connectivity index (χ1) is 9.43. The molecule has 3 nitrogen and oxygen atoms in total. The van der Waals surface area contributed by atoms with E-state index in [1.54, 1.807) is 0 Å². The Morgan fingerprint density at radius 1 is 1.25 bits per heavy atom. The van der Waals surface area contributed by atoms with Crippen molar-refractivity contribution in [2.75, 3.05) is 6.54 Å². The number of carbonyl (C=O) groups is 1. The van der Waals surface area contributed by atoms with Gasteiger partial charge in [0, 0.05) is 23.0 Å². The van der Waals surface area contributed by atoms with Crippen molar-refractivity contribution in [3.8, 4) is 0 Å². The van der Waals surface area contributed by atoms with E-state index in [4.69, 9.17) is 11.6 Å². The Labute approximate surface area is 126 Å². The first kappa shape index (κ1) is 15.2. The zero-order chi connectivity index (χ0) is 14.8. The largest absolute Gasteiger partial charge is 0.337 e. The van der Waals surface area contributed by atoms with Crippen LogP contribution in [0.15, 0.2) is 24.3 Å². The number of nitrogens with one attached hydrogen (secondary N) is 2. The van der Waals surface area contributed by atoms with Crippen molar-refractivity contribution in [2.45, 2.75) is 45.1 Å². The van der Waals surface area contributed by atoms with Gasteiger partial charge in [-0.1, -0.05) is 37.6 Å². The molecule has 110 valence electrons. The summed E-state index contributed by atoms with van der Waals surface area (Å²) in [6.07, 6.45) is 2.24. The summed E-state index contributed by atoms with van der Waals surface area (Å²) in [4.78, 5) is 11.9. The molecular formula is C16H23ClN2O. The van der Waals surface area contributed by atoms with E-state index < -0.39 is 0 Å². The minimum absolute atomic E-state index is 0.0774. The Morgan fingerprint density at radius 3 is 2.35 bits per heavy atom. The molecule has 1 aromatic rings. The van der Waals surface area contributed by atoms with Crippen LogP contribution in [0.3, 0.4) is 0 Å². The average Bonchev–Trinajstić information content (AvgIpc) is 3.18. The zero-order valence-corrected chi connectivity index (χ0v) is 13.1. The van der Waals surface area contributed by atoms with E-state index >= 15 is 0 Å². The summed E-state index contributed by atoms with van der Waals surface area (Å²) in [6.45, 7) is 6.91. The van der Waals surface area contributed by atoms with Crippen molar-refractivity contribution in [2.24, 2.45) is 5.92 Å². The van der Waals surface area contributed by atoms with Crippen LogP contribution in [0.5, 0.6) is 0 Å². The highest BCUT2D eigenvalue weighted by molar-refractivity contribution is 6.30. The quantitative estimate of drug-likeness (QED) is 0.854. The molecule has 0 spiro atoms. The average molecular weight is 295 g/mol. The van der Waals surface area contributed by atoms with E-state index in [9.17, 15) is 4.79 Å². The van der Waals surface area contributed by atoms with Gasteiger partial charge in [-0.2, -0.15) is 0 Å². The highest BCUT2D eigenvalue weighted by atomic mass is 35.5. The van der Waals surface area contributed by atoms with Gasteiger partial charge >= 0.3 is 6.03 Å². The molecule has 0 bridgehead atoms. The number of hydrogen-bond acceptors (Lipinski definition) is 1. The molecule has 4 heteroatoms. The van der Waals surface area contributed by atoms with Gasteiger partial charge in [0.05, 0.1) is 0 Å². The van der Waals surface area contributed by atoms with Gasteiger partial charge in [-0.05, 0) is 43.4 Å². The third-order valence-corrected chi connectivity index (χ3v) is 4.51. The van der Waals surface area contributed by atoms with Crippen molar-refractivity contribution in [3.05, 3.63) is 34.9 Å². The molecule has 1 aromatic carbocycles. The molecule has 1 fully saturated rings. The topological polar surface area (TPSA) is 41.1 Å². The molecule has 1 unspecified atom stereocenters. The Morgan fingerprint density at radius 2 is 1.85 bits per heavy atom. The predicted molar refractivity (Wildman–Crippen MR) is 83.2 cm³/mol. The number of benzene rings is 1. The van der Waals surface area contributed by atoms with Crippen LogP contribution < -0.4 is 10.6 Å². The minimum atomic E-state index is -0.0774. The molecule has 2 rings (SSSR count). The maximum absolute atomic E-state index is 11.9. The first-order valence-electron chi connectivity index (χ1n) is 7.23. The van der Waals surface area contributed by atoms with Crippen LogP contribution in [0, 0.1) is 5.92 Å². The van der Waals surface area contributed by atoms with Crippen LogP contribution >= 0.6 is 11.6 Å². The molecule has 20 heavy (non-hydrogen) atoms. The fourth-order valence-corrected chi connectivity index (χ4v) is 2.32. The third-order valence-electron chi connectivity index (χ3n) is 4.26. The molecule has 0 radical (unpaired) electrons. The van der Waals surface area contributed by atoms with Gasteiger partial charge < -0.3 is 10.6 Å². The lowest BCUT2D eigenvalue weighted by Gasteiger charge is -2.20. The SMILES string of the molecule is CC(C)C(C)NC(=O)NCC1(c2ccc(Cl)cc2)CC1. The van der Waals surface area contributed by atoms with E-state index in [1.807, 2.05) is 19.1 Å². The van der Waals surface area contributed by atoms with Gasteiger partial charge in [0.1, 0.15) is 0 Å². The van der Waals surface area contributed by atoms with Crippen LogP contribution in [0.2, 0.25) is 5.02 Å². The number of carbonyl (C=O) groups excluding carboxylic acids is 1. The standard InChI is InChI=1S/C16H23ClN2O/c1-11(2)12(3)19-15(20)18-10-16(8-9-16)13-4-6-14(17)7-5-13/h4-7,11-12H,8-10H2,1-3H3,(H2,18,19,20). The van der Waals surface area contributed by atoms with Crippen molar-refractivity contribution in [1.29, 1.82) is 0 Å². The molecule has 1 atom stereocenters. The Hall–Kier alpha value is -1.22. The van der Waals surface area contributed by atoms with Gasteiger partial charge in [0.2, 0.25) is 0 Å². The summed E-state index contributed by atoms with van der Waals surface area (Å²) < 4.78 is 0. The van der Waals surface area contributed by atoms with Crippen LogP contribution in [0.1, 0.15) is 39.2 Å².